The molecule has 5 rings (SSSR count). The first-order valence-electron chi connectivity index (χ1n) is 10.1. The summed E-state index contributed by atoms with van der Waals surface area (Å²) in [4.78, 5) is 12.2. The molecule has 0 saturated heterocycles. The summed E-state index contributed by atoms with van der Waals surface area (Å²) < 4.78 is 0. The number of ketones is 1. The average molecular weight is 332 g/mol. The molecule has 10 atom stereocenters. The maximum Gasteiger partial charge on any atom is 0.133 e. The van der Waals surface area contributed by atoms with E-state index in [1.54, 1.807) is 6.92 Å². The summed E-state index contributed by atoms with van der Waals surface area (Å²) in [6, 6.07) is 0. The average Bonchev–Trinajstić information content (AvgIpc) is 3.02. The lowest BCUT2D eigenvalue weighted by molar-refractivity contribution is -0.193. The molecule has 134 valence electrons. The molecule has 3 nitrogen and oxygen atoms in total. The highest BCUT2D eigenvalue weighted by Crippen LogP contribution is 2.81. The second-order valence-electron chi connectivity index (χ2n) is 10.5. The zero-order chi connectivity index (χ0) is 17.1. The van der Waals surface area contributed by atoms with Gasteiger partial charge in [-0.15, -0.1) is 0 Å². The van der Waals surface area contributed by atoms with Crippen LogP contribution in [0.5, 0.6) is 0 Å². The lowest BCUT2D eigenvalue weighted by Gasteiger charge is -2.61. The van der Waals surface area contributed by atoms with E-state index in [0.717, 1.165) is 25.7 Å². The Kier molecular flexibility index (Phi) is 2.94. The first kappa shape index (κ1) is 15.8. The van der Waals surface area contributed by atoms with Crippen LogP contribution in [0.3, 0.4) is 0 Å². The van der Waals surface area contributed by atoms with Crippen molar-refractivity contribution in [1.29, 1.82) is 0 Å². The standard InChI is InChI=1S/C21H32O3/c1-11(22)14-4-5-15-13-8-17(24)21-9-12(21)6-7-20(21,3)18(13)16(23)10-19(14,15)2/h12-18,23-24H,4-10H2,1-3H3/t12-,13?,14?,15?,16-,17?,18?,19?,20?,21?/m1/s1. The number of aliphatic hydroxyl groups excluding tert-OH is 2. The number of fused-ring (bicyclic) bond motifs is 4. The minimum Gasteiger partial charge on any atom is -0.393 e. The summed E-state index contributed by atoms with van der Waals surface area (Å²) >= 11 is 0. The first-order chi connectivity index (χ1) is 11.3. The van der Waals surface area contributed by atoms with E-state index < -0.39 is 0 Å². The van der Waals surface area contributed by atoms with Gasteiger partial charge in [0.25, 0.3) is 0 Å². The van der Waals surface area contributed by atoms with Gasteiger partial charge in [-0.3, -0.25) is 4.79 Å². The Balaban J connectivity index is 1.56. The highest BCUT2D eigenvalue weighted by atomic mass is 16.3. The van der Waals surface area contributed by atoms with Crippen molar-refractivity contribution >= 4 is 5.78 Å². The molecule has 0 aromatic carbocycles. The second kappa shape index (κ2) is 4.46. The molecule has 2 N–H and O–H groups in total. The summed E-state index contributed by atoms with van der Waals surface area (Å²) in [6.45, 7) is 6.36. The minimum absolute atomic E-state index is 0.0610. The maximum absolute atomic E-state index is 12.2. The van der Waals surface area contributed by atoms with Crippen molar-refractivity contribution in [2.24, 2.45) is 45.8 Å². The van der Waals surface area contributed by atoms with Gasteiger partial charge in [0.1, 0.15) is 5.78 Å². The third kappa shape index (κ3) is 1.52. The Labute approximate surface area is 145 Å². The molecule has 5 saturated carbocycles. The van der Waals surface area contributed by atoms with Crippen LogP contribution in [0.2, 0.25) is 0 Å². The largest absolute Gasteiger partial charge is 0.393 e. The van der Waals surface area contributed by atoms with Crippen LogP contribution < -0.4 is 0 Å². The fourth-order valence-electron chi connectivity index (χ4n) is 9.10. The predicted octanol–water partition coefficient (Wildman–Crippen LogP) is 3.18. The van der Waals surface area contributed by atoms with Gasteiger partial charge in [0.15, 0.2) is 0 Å². The van der Waals surface area contributed by atoms with Gasteiger partial charge in [-0.1, -0.05) is 13.8 Å². The number of aliphatic hydroxyl groups is 2. The van der Waals surface area contributed by atoms with Gasteiger partial charge in [-0.05, 0) is 86.4 Å². The van der Waals surface area contributed by atoms with Gasteiger partial charge in [0.05, 0.1) is 12.2 Å². The van der Waals surface area contributed by atoms with Gasteiger partial charge >= 0.3 is 0 Å². The van der Waals surface area contributed by atoms with Crippen LogP contribution in [0.25, 0.3) is 0 Å². The number of hydrogen-bond acceptors (Lipinski definition) is 3. The van der Waals surface area contributed by atoms with Crippen LogP contribution in [0, 0.1) is 45.8 Å². The lowest BCUT2D eigenvalue weighted by atomic mass is 9.44. The Morgan fingerprint density at radius 1 is 1.08 bits per heavy atom. The molecule has 0 aromatic rings. The molecule has 0 aromatic heterocycles. The zero-order valence-electron chi connectivity index (χ0n) is 15.3. The Morgan fingerprint density at radius 2 is 1.83 bits per heavy atom. The molecule has 0 aliphatic heterocycles. The summed E-state index contributed by atoms with van der Waals surface area (Å²) in [5.41, 5.74) is 0.158. The second-order valence-corrected chi connectivity index (χ2v) is 10.5. The normalized spacial score (nSPS) is 64.0. The third-order valence-electron chi connectivity index (χ3n) is 10.00. The van der Waals surface area contributed by atoms with E-state index in [2.05, 4.69) is 13.8 Å². The van der Waals surface area contributed by atoms with Crippen LogP contribution in [-0.2, 0) is 4.79 Å². The maximum atomic E-state index is 12.2. The predicted molar refractivity (Wildman–Crippen MR) is 91.1 cm³/mol. The van der Waals surface area contributed by atoms with Crippen molar-refractivity contribution in [1.82, 2.24) is 0 Å². The number of rotatable bonds is 1. The number of Topliss-reactive ketones (excluding diaryl/α,β-unsaturated/α-hetero) is 1. The smallest absolute Gasteiger partial charge is 0.133 e. The topological polar surface area (TPSA) is 57.5 Å². The van der Waals surface area contributed by atoms with Crippen molar-refractivity contribution in [3.05, 3.63) is 0 Å². The molecule has 3 heteroatoms. The van der Waals surface area contributed by atoms with Crippen molar-refractivity contribution in [3.63, 3.8) is 0 Å². The van der Waals surface area contributed by atoms with E-state index in [1.807, 2.05) is 0 Å². The summed E-state index contributed by atoms with van der Waals surface area (Å²) in [6.07, 6.45) is 6.83. The van der Waals surface area contributed by atoms with Crippen LogP contribution in [0.15, 0.2) is 0 Å². The fraction of sp³-hybridized carbons (Fsp3) is 0.952. The summed E-state index contributed by atoms with van der Waals surface area (Å²) in [5, 5.41) is 22.4. The molecular formula is C21H32O3. The quantitative estimate of drug-likeness (QED) is 0.775. The fourth-order valence-corrected chi connectivity index (χ4v) is 9.10. The van der Waals surface area contributed by atoms with Crippen molar-refractivity contribution < 1.29 is 15.0 Å². The van der Waals surface area contributed by atoms with E-state index in [4.69, 9.17) is 0 Å². The molecule has 5 aliphatic rings. The van der Waals surface area contributed by atoms with Crippen LogP contribution in [-0.4, -0.2) is 28.2 Å². The molecule has 1 spiro atoms. The van der Waals surface area contributed by atoms with Crippen molar-refractivity contribution in [2.75, 3.05) is 0 Å². The zero-order valence-corrected chi connectivity index (χ0v) is 15.3. The molecule has 8 unspecified atom stereocenters. The van der Waals surface area contributed by atoms with Crippen LogP contribution >= 0.6 is 0 Å². The molecule has 5 aliphatic carbocycles. The van der Waals surface area contributed by atoms with Crippen LogP contribution in [0.4, 0.5) is 0 Å². The molecular weight excluding hydrogens is 300 g/mol. The SMILES string of the molecule is CC(=O)C1CCC2C3CC(O)C45C[C@H]4CCC5(C)C3[C@H](O)CC12C. The molecule has 0 bridgehead atoms. The van der Waals surface area contributed by atoms with E-state index in [9.17, 15) is 15.0 Å². The van der Waals surface area contributed by atoms with E-state index >= 15 is 0 Å². The van der Waals surface area contributed by atoms with E-state index in [0.29, 0.717) is 29.5 Å². The highest BCUT2D eigenvalue weighted by molar-refractivity contribution is 5.79. The minimum atomic E-state index is -0.301. The highest BCUT2D eigenvalue weighted by Gasteiger charge is 2.78. The Morgan fingerprint density at radius 3 is 2.50 bits per heavy atom. The van der Waals surface area contributed by atoms with Crippen molar-refractivity contribution in [2.45, 2.75) is 77.9 Å². The number of hydrogen-bond donors (Lipinski definition) is 2. The summed E-state index contributed by atoms with van der Waals surface area (Å²) in [7, 11) is 0. The molecule has 0 amide bonds. The lowest BCUT2D eigenvalue weighted by Crippen LogP contribution is -2.61. The number of carbonyl (C=O) groups excluding carboxylic acids is 1. The van der Waals surface area contributed by atoms with Gasteiger partial charge in [0, 0.05) is 11.3 Å². The molecule has 0 heterocycles. The van der Waals surface area contributed by atoms with E-state index in [1.165, 1.54) is 19.3 Å². The Bertz CT molecular complexity index is 602. The number of carbonyl (C=O) groups is 1. The van der Waals surface area contributed by atoms with Crippen molar-refractivity contribution in [3.8, 4) is 0 Å². The summed E-state index contributed by atoms with van der Waals surface area (Å²) in [5.74, 6) is 2.34. The van der Waals surface area contributed by atoms with E-state index in [-0.39, 0.29) is 34.4 Å². The van der Waals surface area contributed by atoms with Gasteiger partial charge < -0.3 is 10.2 Å². The first-order valence-corrected chi connectivity index (χ1v) is 10.1. The molecule has 24 heavy (non-hydrogen) atoms. The van der Waals surface area contributed by atoms with Gasteiger partial charge in [-0.25, -0.2) is 0 Å². The van der Waals surface area contributed by atoms with Crippen LogP contribution in [0.1, 0.15) is 65.7 Å². The Hall–Kier alpha value is -0.410. The molecule has 0 radical (unpaired) electrons. The monoisotopic (exact) mass is 332 g/mol. The van der Waals surface area contributed by atoms with Gasteiger partial charge in [-0.2, -0.15) is 0 Å². The third-order valence-corrected chi connectivity index (χ3v) is 10.00. The van der Waals surface area contributed by atoms with Gasteiger partial charge in [0.2, 0.25) is 0 Å². The molecule has 5 fully saturated rings.